The van der Waals surface area contributed by atoms with E-state index in [0.29, 0.717) is 57.0 Å². The summed E-state index contributed by atoms with van der Waals surface area (Å²) in [6.45, 7) is 0. The zero-order valence-electron chi connectivity index (χ0n) is 19.4. The van der Waals surface area contributed by atoms with Gasteiger partial charge in [0.2, 0.25) is 11.6 Å². The predicted molar refractivity (Wildman–Crippen MR) is 127 cm³/mol. The first-order chi connectivity index (χ1) is 16.5. The van der Waals surface area contributed by atoms with Crippen LogP contribution in [0.2, 0.25) is 0 Å². The molecule has 0 radical (unpaired) electrons. The van der Waals surface area contributed by atoms with Crippen LogP contribution in [0.3, 0.4) is 0 Å². The summed E-state index contributed by atoms with van der Waals surface area (Å²) in [5, 5.41) is 2.86. The Morgan fingerprint density at radius 3 is 2.06 bits per heavy atom. The van der Waals surface area contributed by atoms with E-state index in [9.17, 15) is 4.79 Å². The highest BCUT2D eigenvalue weighted by Crippen LogP contribution is 2.38. The predicted octanol–water partition coefficient (Wildman–Crippen LogP) is 4.79. The molecule has 0 unspecified atom stereocenters. The van der Waals surface area contributed by atoms with Crippen LogP contribution < -0.4 is 29.0 Å². The lowest BCUT2D eigenvalue weighted by Crippen LogP contribution is -2.12. The van der Waals surface area contributed by atoms with E-state index in [0.717, 1.165) is 5.56 Å². The lowest BCUT2D eigenvalue weighted by atomic mass is 10.1. The number of rotatable bonds is 8. The Bertz CT molecular complexity index is 1320. The first-order valence-corrected chi connectivity index (χ1v) is 10.3. The van der Waals surface area contributed by atoms with Crippen LogP contribution in [0.5, 0.6) is 28.7 Å². The van der Waals surface area contributed by atoms with Crippen molar-refractivity contribution in [2.24, 2.45) is 0 Å². The van der Waals surface area contributed by atoms with Gasteiger partial charge in [0.15, 0.2) is 28.6 Å². The number of carbonyl (C=O) groups excluding carboxylic acids is 1. The molecule has 1 aromatic heterocycles. The number of ether oxygens (including phenoxy) is 5. The van der Waals surface area contributed by atoms with Crippen molar-refractivity contribution in [3.63, 3.8) is 0 Å². The summed E-state index contributed by atoms with van der Waals surface area (Å²) >= 11 is 0. The molecule has 0 spiro atoms. The topological polar surface area (TPSA) is 101 Å². The van der Waals surface area contributed by atoms with Crippen molar-refractivity contribution in [2.45, 2.75) is 0 Å². The number of anilines is 1. The average molecular weight is 464 g/mol. The van der Waals surface area contributed by atoms with Gasteiger partial charge in [-0.2, -0.15) is 0 Å². The number of amides is 1. The van der Waals surface area contributed by atoms with Gasteiger partial charge in [0.1, 0.15) is 5.52 Å². The van der Waals surface area contributed by atoms with Gasteiger partial charge in [0, 0.05) is 16.8 Å². The second-order valence-corrected chi connectivity index (χ2v) is 7.14. The van der Waals surface area contributed by atoms with Crippen molar-refractivity contribution >= 4 is 22.7 Å². The third-order valence-corrected chi connectivity index (χ3v) is 5.20. The van der Waals surface area contributed by atoms with Crippen LogP contribution in [0.25, 0.3) is 22.6 Å². The van der Waals surface area contributed by atoms with Gasteiger partial charge in [-0.05, 0) is 48.5 Å². The quantitative estimate of drug-likeness (QED) is 0.397. The number of oxazole rings is 1. The maximum absolute atomic E-state index is 12.9. The molecule has 34 heavy (non-hydrogen) atoms. The van der Waals surface area contributed by atoms with Gasteiger partial charge in [-0.3, -0.25) is 4.79 Å². The lowest BCUT2D eigenvalue weighted by molar-refractivity contribution is 0.102. The van der Waals surface area contributed by atoms with Crippen LogP contribution >= 0.6 is 0 Å². The number of methoxy groups -OCH3 is 5. The van der Waals surface area contributed by atoms with Crippen LogP contribution in [0.1, 0.15) is 10.4 Å². The largest absolute Gasteiger partial charge is 0.493 e. The molecule has 0 aliphatic heterocycles. The Morgan fingerprint density at radius 1 is 0.765 bits per heavy atom. The maximum atomic E-state index is 12.9. The molecule has 1 heterocycles. The van der Waals surface area contributed by atoms with E-state index in [2.05, 4.69) is 10.3 Å². The average Bonchev–Trinajstić information content (AvgIpc) is 3.30. The van der Waals surface area contributed by atoms with Crippen molar-refractivity contribution in [1.29, 1.82) is 0 Å². The zero-order chi connectivity index (χ0) is 24.2. The van der Waals surface area contributed by atoms with Gasteiger partial charge in [0.25, 0.3) is 5.91 Å². The third kappa shape index (κ3) is 4.27. The monoisotopic (exact) mass is 464 g/mol. The fraction of sp³-hybridized carbons (Fsp3) is 0.200. The number of hydrogen-bond donors (Lipinski definition) is 1. The normalized spacial score (nSPS) is 10.6. The lowest BCUT2D eigenvalue weighted by Gasteiger charge is -2.14. The summed E-state index contributed by atoms with van der Waals surface area (Å²) in [4.78, 5) is 17.5. The van der Waals surface area contributed by atoms with Crippen LogP contribution in [0, 0.1) is 0 Å². The minimum Gasteiger partial charge on any atom is -0.493 e. The number of nitrogens with zero attached hydrogens (tertiary/aromatic N) is 1. The van der Waals surface area contributed by atoms with Crippen molar-refractivity contribution < 1.29 is 32.9 Å². The Hall–Kier alpha value is -4.40. The number of nitrogens with one attached hydrogen (secondary N) is 1. The van der Waals surface area contributed by atoms with Crippen molar-refractivity contribution in [3.05, 3.63) is 54.1 Å². The molecule has 1 N–H and O–H groups in total. The minimum absolute atomic E-state index is 0.345. The van der Waals surface area contributed by atoms with Gasteiger partial charge in [-0.1, -0.05) is 0 Å². The van der Waals surface area contributed by atoms with E-state index < -0.39 is 0 Å². The Balaban J connectivity index is 1.61. The summed E-state index contributed by atoms with van der Waals surface area (Å²) in [5.41, 5.74) is 2.80. The number of benzene rings is 3. The molecule has 0 saturated heterocycles. The molecule has 176 valence electrons. The van der Waals surface area contributed by atoms with Crippen molar-refractivity contribution in [1.82, 2.24) is 4.98 Å². The van der Waals surface area contributed by atoms with E-state index in [-0.39, 0.29) is 5.91 Å². The van der Waals surface area contributed by atoms with Gasteiger partial charge >= 0.3 is 0 Å². The van der Waals surface area contributed by atoms with Gasteiger partial charge in [0.05, 0.1) is 35.5 Å². The van der Waals surface area contributed by atoms with E-state index >= 15 is 0 Å². The van der Waals surface area contributed by atoms with Crippen molar-refractivity contribution in [2.75, 3.05) is 40.9 Å². The number of aromatic nitrogens is 1. The van der Waals surface area contributed by atoms with Crippen LogP contribution in [-0.4, -0.2) is 46.4 Å². The summed E-state index contributed by atoms with van der Waals surface area (Å²) in [6, 6.07) is 13.8. The summed E-state index contributed by atoms with van der Waals surface area (Å²) in [5.74, 6) is 2.44. The summed E-state index contributed by atoms with van der Waals surface area (Å²) in [7, 11) is 7.63. The van der Waals surface area contributed by atoms with Crippen molar-refractivity contribution in [3.8, 4) is 40.2 Å². The number of fused-ring (bicyclic) bond motifs is 1. The second-order valence-electron chi connectivity index (χ2n) is 7.14. The molecule has 9 heteroatoms. The van der Waals surface area contributed by atoms with Crippen LogP contribution in [-0.2, 0) is 0 Å². The smallest absolute Gasteiger partial charge is 0.255 e. The highest BCUT2D eigenvalue weighted by atomic mass is 16.5. The molecule has 0 atom stereocenters. The van der Waals surface area contributed by atoms with Gasteiger partial charge < -0.3 is 33.4 Å². The van der Waals surface area contributed by atoms with Gasteiger partial charge in [-0.15, -0.1) is 0 Å². The fourth-order valence-corrected chi connectivity index (χ4v) is 3.51. The van der Waals surface area contributed by atoms with Crippen LogP contribution in [0.15, 0.2) is 52.9 Å². The molecule has 0 aliphatic rings. The molecule has 0 bridgehead atoms. The van der Waals surface area contributed by atoms with Crippen LogP contribution in [0.4, 0.5) is 5.69 Å². The van der Waals surface area contributed by atoms with E-state index in [1.807, 2.05) is 6.07 Å². The number of hydrogen-bond acceptors (Lipinski definition) is 8. The zero-order valence-corrected chi connectivity index (χ0v) is 19.4. The fourth-order valence-electron chi connectivity index (χ4n) is 3.51. The molecule has 0 saturated carbocycles. The molecule has 9 nitrogen and oxygen atoms in total. The van der Waals surface area contributed by atoms with Gasteiger partial charge in [-0.25, -0.2) is 4.98 Å². The highest BCUT2D eigenvalue weighted by molar-refractivity contribution is 6.05. The van der Waals surface area contributed by atoms with E-state index in [4.69, 9.17) is 28.1 Å². The molecule has 0 fully saturated rings. The molecule has 4 rings (SSSR count). The SMILES string of the molecule is COc1ccc(-c2nc3cc(NC(=O)c4cc(OC)c(OC)c(OC)c4)ccc3o2)cc1OC. The number of carbonyl (C=O) groups is 1. The third-order valence-electron chi connectivity index (χ3n) is 5.20. The molecular weight excluding hydrogens is 440 g/mol. The van der Waals surface area contributed by atoms with E-state index in [1.54, 1.807) is 56.7 Å². The first-order valence-electron chi connectivity index (χ1n) is 10.3. The molecule has 3 aromatic carbocycles. The Kier molecular flexibility index (Phi) is 6.44. The molecule has 4 aromatic rings. The second kappa shape index (κ2) is 9.62. The molecular formula is C25H24N2O7. The molecule has 0 aliphatic carbocycles. The Labute approximate surface area is 196 Å². The minimum atomic E-state index is -0.345. The first kappa shape index (κ1) is 22.8. The summed E-state index contributed by atoms with van der Waals surface area (Å²) < 4.78 is 32.5. The Morgan fingerprint density at radius 2 is 1.44 bits per heavy atom. The van der Waals surface area contributed by atoms with E-state index in [1.165, 1.54) is 21.3 Å². The standard InChI is InChI=1S/C25H24N2O7/c1-29-19-8-6-14(10-20(19)30-2)25-27-17-13-16(7-9-18(17)34-25)26-24(28)15-11-21(31-3)23(33-5)22(12-15)32-4/h6-13H,1-5H3,(H,26,28). The summed E-state index contributed by atoms with van der Waals surface area (Å²) in [6.07, 6.45) is 0. The highest BCUT2D eigenvalue weighted by Gasteiger charge is 2.18. The molecule has 1 amide bonds. The maximum Gasteiger partial charge on any atom is 0.255 e.